The molecule has 0 amide bonds. The largest absolute Gasteiger partial charge is 0.372 e. The van der Waals surface area contributed by atoms with Crippen LogP contribution in [0.1, 0.15) is 19.4 Å². The molecule has 1 saturated heterocycles. The molecule has 1 aromatic carbocycles. The van der Waals surface area contributed by atoms with Crippen LogP contribution in [0, 0.1) is 0 Å². The molecule has 1 fully saturated rings. The highest BCUT2D eigenvalue weighted by Gasteiger charge is 2.23. The van der Waals surface area contributed by atoms with Crippen LogP contribution < -0.4 is 10.2 Å². The predicted molar refractivity (Wildman–Crippen MR) is 76.4 cm³/mol. The van der Waals surface area contributed by atoms with Crippen molar-refractivity contribution in [3.8, 4) is 0 Å². The van der Waals surface area contributed by atoms with E-state index in [1.165, 1.54) is 5.56 Å². The fraction of sp³-hybridized carbons (Fsp3) is 0.571. The average Bonchev–Trinajstić information content (AvgIpc) is 2.28. The third-order valence-corrected chi connectivity index (χ3v) is 3.46. The highest BCUT2D eigenvalue weighted by molar-refractivity contribution is 6.33. The van der Waals surface area contributed by atoms with Gasteiger partial charge in [-0.1, -0.05) is 17.7 Å². The minimum Gasteiger partial charge on any atom is -0.372 e. The molecule has 0 unspecified atom stereocenters. The fourth-order valence-electron chi connectivity index (χ4n) is 2.50. The minimum absolute atomic E-state index is 0.252. The van der Waals surface area contributed by atoms with Gasteiger partial charge in [0, 0.05) is 19.6 Å². The van der Waals surface area contributed by atoms with Crippen LogP contribution in [0.25, 0.3) is 0 Å². The van der Waals surface area contributed by atoms with Crippen LogP contribution in [-0.4, -0.2) is 32.3 Å². The Hall–Kier alpha value is -0.770. The van der Waals surface area contributed by atoms with E-state index in [1.54, 1.807) is 0 Å². The smallest absolute Gasteiger partial charge is 0.0726 e. The van der Waals surface area contributed by atoms with Gasteiger partial charge in [-0.25, -0.2) is 0 Å². The second-order valence-electron chi connectivity index (χ2n) is 4.98. The monoisotopic (exact) mass is 268 g/mol. The Bertz CT molecular complexity index is 401. The van der Waals surface area contributed by atoms with Crippen LogP contribution >= 0.6 is 11.6 Å². The number of anilines is 1. The third kappa shape index (κ3) is 3.16. The summed E-state index contributed by atoms with van der Waals surface area (Å²) in [4.78, 5) is 2.31. The van der Waals surface area contributed by atoms with E-state index in [0.717, 1.165) is 30.3 Å². The van der Waals surface area contributed by atoms with Gasteiger partial charge in [0.15, 0.2) is 0 Å². The third-order valence-electron chi connectivity index (χ3n) is 3.15. The molecular weight excluding hydrogens is 248 g/mol. The van der Waals surface area contributed by atoms with Gasteiger partial charge in [-0.3, -0.25) is 0 Å². The van der Waals surface area contributed by atoms with E-state index in [2.05, 4.69) is 36.2 Å². The van der Waals surface area contributed by atoms with E-state index < -0.39 is 0 Å². The Morgan fingerprint density at radius 3 is 2.56 bits per heavy atom. The zero-order valence-electron chi connectivity index (χ0n) is 11.2. The van der Waals surface area contributed by atoms with E-state index in [0.29, 0.717) is 0 Å². The van der Waals surface area contributed by atoms with Crippen LogP contribution in [-0.2, 0) is 11.3 Å². The van der Waals surface area contributed by atoms with Gasteiger partial charge in [0.2, 0.25) is 0 Å². The summed E-state index contributed by atoms with van der Waals surface area (Å²) in [6.07, 6.45) is 0.503. The number of morpholine rings is 1. The summed E-state index contributed by atoms with van der Waals surface area (Å²) in [5.74, 6) is 0. The van der Waals surface area contributed by atoms with Crippen molar-refractivity contribution < 1.29 is 4.74 Å². The highest BCUT2D eigenvalue weighted by atomic mass is 35.5. The van der Waals surface area contributed by atoms with Crippen molar-refractivity contribution in [3.05, 3.63) is 28.8 Å². The Morgan fingerprint density at radius 2 is 2.00 bits per heavy atom. The molecule has 2 rings (SSSR count). The van der Waals surface area contributed by atoms with Crippen molar-refractivity contribution in [2.75, 3.05) is 25.0 Å². The number of nitrogens with one attached hydrogen (secondary N) is 1. The molecule has 1 heterocycles. The average molecular weight is 269 g/mol. The zero-order valence-corrected chi connectivity index (χ0v) is 12.0. The Labute approximate surface area is 114 Å². The second-order valence-corrected chi connectivity index (χ2v) is 5.39. The first-order valence-electron chi connectivity index (χ1n) is 6.43. The number of benzene rings is 1. The molecule has 1 aromatic rings. The van der Waals surface area contributed by atoms with E-state index >= 15 is 0 Å². The molecular formula is C14H21ClN2O. The Balaban J connectivity index is 2.17. The number of hydrogen-bond donors (Lipinski definition) is 1. The molecule has 1 aliphatic heterocycles. The lowest BCUT2D eigenvalue weighted by Crippen LogP contribution is -2.45. The number of rotatable bonds is 3. The predicted octanol–water partition coefficient (Wildman–Crippen LogP) is 2.67. The SMILES string of the molecule is CNCc1ccc(N2C[C@@H](C)O[C@@H](C)C2)c(Cl)c1. The molecule has 0 radical (unpaired) electrons. The van der Waals surface area contributed by atoms with Crippen LogP contribution in [0.3, 0.4) is 0 Å². The van der Waals surface area contributed by atoms with Gasteiger partial charge in [-0.15, -0.1) is 0 Å². The molecule has 0 spiro atoms. The summed E-state index contributed by atoms with van der Waals surface area (Å²) in [5, 5.41) is 3.96. The van der Waals surface area contributed by atoms with E-state index in [9.17, 15) is 0 Å². The fourth-order valence-corrected chi connectivity index (χ4v) is 2.82. The van der Waals surface area contributed by atoms with Crippen LogP contribution in [0.4, 0.5) is 5.69 Å². The van der Waals surface area contributed by atoms with Gasteiger partial charge < -0.3 is 15.0 Å². The van der Waals surface area contributed by atoms with E-state index in [1.807, 2.05) is 13.1 Å². The van der Waals surface area contributed by atoms with Crippen molar-refractivity contribution in [3.63, 3.8) is 0 Å². The molecule has 18 heavy (non-hydrogen) atoms. The van der Waals surface area contributed by atoms with Gasteiger partial charge in [0.1, 0.15) is 0 Å². The van der Waals surface area contributed by atoms with Crippen molar-refractivity contribution in [2.24, 2.45) is 0 Å². The van der Waals surface area contributed by atoms with Crippen LogP contribution in [0.2, 0.25) is 5.02 Å². The quantitative estimate of drug-likeness (QED) is 0.912. The second kappa shape index (κ2) is 5.91. The first-order chi connectivity index (χ1) is 8.60. The van der Waals surface area contributed by atoms with Gasteiger partial charge in [-0.2, -0.15) is 0 Å². The van der Waals surface area contributed by atoms with Gasteiger partial charge in [-0.05, 0) is 38.6 Å². The zero-order chi connectivity index (χ0) is 13.1. The van der Waals surface area contributed by atoms with Crippen molar-refractivity contribution in [1.82, 2.24) is 5.32 Å². The van der Waals surface area contributed by atoms with Gasteiger partial charge in [0.25, 0.3) is 0 Å². The highest BCUT2D eigenvalue weighted by Crippen LogP contribution is 2.29. The topological polar surface area (TPSA) is 24.5 Å². The van der Waals surface area contributed by atoms with Gasteiger partial charge >= 0.3 is 0 Å². The first kappa shape index (κ1) is 13.7. The Kier molecular flexibility index (Phi) is 4.49. The maximum atomic E-state index is 6.38. The normalized spacial score (nSPS) is 24.3. The lowest BCUT2D eigenvalue weighted by atomic mass is 10.1. The molecule has 0 bridgehead atoms. The molecule has 1 N–H and O–H groups in total. The molecule has 3 nitrogen and oxygen atoms in total. The summed E-state index contributed by atoms with van der Waals surface area (Å²) >= 11 is 6.38. The summed E-state index contributed by atoms with van der Waals surface area (Å²) in [6, 6.07) is 6.28. The molecule has 100 valence electrons. The lowest BCUT2D eigenvalue weighted by Gasteiger charge is -2.37. The summed E-state index contributed by atoms with van der Waals surface area (Å²) in [5.41, 5.74) is 2.32. The lowest BCUT2D eigenvalue weighted by molar-refractivity contribution is -0.00520. The van der Waals surface area contributed by atoms with E-state index in [4.69, 9.17) is 16.3 Å². The maximum absolute atomic E-state index is 6.38. The Morgan fingerprint density at radius 1 is 1.33 bits per heavy atom. The number of nitrogens with zero attached hydrogens (tertiary/aromatic N) is 1. The summed E-state index contributed by atoms with van der Waals surface area (Å²) in [7, 11) is 1.94. The van der Waals surface area contributed by atoms with E-state index in [-0.39, 0.29) is 12.2 Å². The standard InChI is InChI=1S/C14H21ClN2O/c1-10-8-17(9-11(2)18-10)14-5-4-12(7-16-3)6-13(14)15/h4-6,10-11,16H,7-9H2,1-3H3/t10-,11+. The molecule has 0 saturated carbocycles. The minimum atomic E-state index is 0.252. The molecule has 4 heteroatoms. The van der Waals surface area contributed by atoms with Crippen LogP contribution in [0.5, 0.6) is 0 Å². The molecule has 2 atom stereocenters. The maximum Gasteiger partial charge on any atom is 0.0726 e. The summed E-state index contributed by atoms with van der Waals surface area (Å²) < 4.78 is 5.75. The first-order valence-corrected chi connectivity index (χ1v) is 6.81. The van der Waals surface area contributed by atoms with Crippen LogP contribution in [0.15, 0.2) is 18.2 Å². The molecule has 1 aliphatic rings. The van der Waals surface area contributed by atoms with Crippen molar-refractivity contribution in [1.29, 1.82) is 0 Å². The summed E-state index contributed by atoms with van der Waals surface area (Å²) in [6.45, 7) is 6.85. The molecule has 0 aromatic heterocycles. The van der Waals surface area contributed by atoms with Crippen molar-refractivity contribution in [2.45, 2.75) is 32.6 Å². The van der Waals surface area contributed by atoms with Gasteiger partial charge in [0.05, 0.1) is 22.9 Å². The number of hydrogen-bond acceptors (Lipinski definition) is 3. The number of ether oxygens (including phenoxy) is 1. The van der Waals surface area contributed by atoms with Crippen molar-refractivity contribution >= 4 is 17.3 Å². The molecule has 0 aliphatic carbocycles. The number of halogens is 1.